The molecule has 1 unspecified atom stereocenters. The van der Waals surface area contributed by atoms with Crippen molar-refractivity contribution in [2.24, 2.45) is 0 Å². The number of amides is 2. The van der Waals surface area contributed by atoms with E-state index in [2.05, 4.69) is 10.2 Å². The van der Waals surface area contributed by atoms with Crippen LogP contribution in [-0.4, -0.2) is 97.9 Å². The summed E-state index contributed by atoms with van der Waals surface area (Å²) in [5.41, 5.74) is 0.626. The minimum atomic E-state index is -0.861. The van der Waals surface area contributed by atoms with Gasteiger partial charge in [-0.1, -0.05) is 30.3 Å². The third-order valence-electron chi connectivity index (χ3n) is 4.97. The number of ether oxygens (including phenoxy) is 3. The first-order valence-electron chi connectivity index (χ1n) is 11.1. The maximum atomic E-state index is 11.6. The Morgan fingerprint density at radius 2 is 1.75 bits per heavy atom. The molecule has 2 N–H and O–H groups in total. The van der Waals surface area contributed by atoms with Crippen LogP contribution in [0.25, 0.3) is 0 Å². The van der Waals surface area contributed by atoms with Gasteiger partial charge in [0.05, 0.1) is 32.5 Å². The van der Waals surface area contributed by atoms with Crippen molar-refractivity contribution in [2.45, 2.75) is 38.8 Å². The maximum Gasteiger partial charge on any atom is 0.407 e. The van der Waals surface area contributed by atoms with Gasteiger partial charge in [0, 0.05) is 32.7 Å². The second-order valence-electron chi connectivity index (χ2n) is 8.77. The maximum absolute atomic E-state index is 11.6. The van der Waals surface area contributed by atoms with Crippen LogP contribution >= 0.6 is 0 Å². The number of hydrogen-bond donors (Lipinski definition) is 2. The molecule has 0 radical (unpaired) electrons. The topological polar surface area (TPSA) is 101 Å². The average Bonchev–Trinajstić information content (AvgIpc) is 2.72. The molecular weight excluding hydrogens is 414 g/mol. The first kappa shape index (κ1) is 25.9. The lowest BCUT2D eigenvalue weighted by Crippen LogP contribution is -2.56. The molecule has 2 amide bonds. The molecule has 0 saturated carbocycles. The molecule has 1 atom stereocenters. The Bertz CT molecular complexity index is 695. The number of alkyl carbamates (subject to hydrolysis) is 1. The van der Waals surface area contributed by atoms with Gasteiger partial charge in [-0.15, -0.1) is 0 Å². The number of piperazine rings is 1. The Labute approximate surface area is 190 Å². The van der Waals surface area contributed by atoms with Gasteiger partial charge < -0.3 is 29.5 Å². The molecule has 2 rings (SSSR count). The lowest BCUT2D eigenvalue weighted by atomic mass is 10.0. The number of nitrogens with one attached hydrogen (secondary N) is 1. The van der Waals surface area contributed by atoms with Gasteiger partial charge in [-0.05, 0) is 32.8 Å². The van der Waals surface area contributed by atoms with Crippen LogP contribution in [-0.2, 0) is 20.6 Å². The van der Waals surface area contributed by atoms with E-state index in [1.54, 1.807) is 4.90 Å². The van der Waals surface area contributed by atoms with Crippen LogP contribution in [0.2, 0.25) is 0 Å². The molecular formula is C23H37N3O6. The van der Waals surface area contributed by atoms with E-state index in [1.165, 1.54) is 0 Å². The fourth-order valence-corrected chi connectivity index (χ4v) is 3.49. The van der Waals surface area contributed by atoms with E-state index < -0.39 is 17.8 Å². The van der Waals surface area contributed by atoms with Crippen LogP contribution in [0.4, 0.5) is 9.59 Å². The Morgan fingerprint density at radius 1 is 1.06 bits per heavy atom. The number of benzene rings is 1. The molecule has 0 spiro atoms. The molecule has 0 aliphatic carbocycles. The van der Waals surface area contributed by atoms with Gasteiger partial charge in [0.2, 0.25) is 0 Å². The third-order valence-corrected chi connectivity index (χ3v) is 4.97. The molecule has 1 saturated heterocycles. The van der Waals surface area contributed by atoms with Crippen molar-refractivity contribution in [3.63, 3.8) is 0 Å². The molecule has 0 bridgehead atoms. The molecule has 1 fully saturated rings. The summed E-state index contributed by atoms with van der Waals surface area (Å²) in [7, 11) is 0. The second-order valence-corrected chi connectivity index (χ2v) is 8.77. The minimum absolute atomic E-state index is 0.0653. The normalized spacial score (nSPS) is 17.2. The Morgan fingerprint density at radius 3 is 2.41 bits per heavy atom. The summed E-state index contributed by atoms with van der Waals surface area (Å²) in [6, 6.07) is 9.92. The number of nitrogens with zero attached hydrogens (tertiary/aromatic N) is 2. The zero-order valence-electron chi connectivity index (χ0n) is 19.4. The summed E-state index contributed by atoms with van der Waals surface area (Å²) in [5, 5.41) is 12.2. The second kappa shape index (κ2) is 13.2. The highest BCUT2D eigenvalue weighted by Gasteiger charge is 2.30. The zero-order chi connectivity index (χ0) is 23.4. The lowest BCUT2D eigenvalue weighted by molar-refractivity contribution is 0.0223. The van der Waals surface area contributed by atoms with E-state index in [1.807, 2.05) is 51.1 Å². The van der Waals surface area contributed by atoms with E-state index in [-0.39, 0.29) is 6.04 Å². The quantitative estimate of drug-likeness (QED) is 0.499. The largest absolute Gasteiger partial charge is 0.465 e. The van der Waals surface area contributed by atoms with Crippen molar-refractivity contribution in [3.05, 3.63) is 35.9 Å². The van der Waals surface area contributed by atoms with Gasteiger partial charge in [-0.25, -0.2) is 9.59 Å². The Balaban J connectivity index is 1.57. The summed E-state index contributed by atoms with van der Waals surface area (Å²) < 4.78 is 16.2. The van der Waals surface area contributed by atoms with Gasteiger partial charge in [-0.2, -0.15) is 0 Å². The van der Waals surface area contributed by atoms with E-state index in [0.717, 1.165) is 12.1 Å². The smallest absolute Gasteiger partial charge is 0.407 e. The monoisotopic (exact) mass is 451 g/mol. The van der Waals surface area contributed by atoms with Crippen LogP contribution in [0.5, 0.6) is 0 Å². The number of carbonyl (C=O) groups excluding carboxylic acids is 1. The van der Waals surface area contributed by atoms with Crippen molar-refractivity contribution in [3.8, 4) is 0 Å². The Kier molecular flexibility index (Phi) is 10.7. The van der Waals surface area contributed by atoms with Gasteiger partial charge in [-0.3, -0.25) is 4.90 Å². The van der Waals surface area contributed by atoms with E-state index in [0.29, 0.717) is 59.0 Å². The standard InChI is InChI=1S/C23H37N3O6/c1-23(2,3)32-21(27)24-9-13-30-15-16-31-14-12-25-10-11-26(22(28)29)20(18-25)17-19-7-5-4-6-8-19/h4-8,20H,9-18H2,1-3H3,(H,24,27)(H,28,29). The third kappa shape index (κ3) is 10.3. The first-order valence-corrected chi connectivity index (χ1v) is 11.1. The molecule has 1 aromatic carbocycles. The van der Waals surface area contributed by atoms with Crippen LogP contribution in [0, 0.1) is 0 Å². The lowest BCUT2D eigenvalue weighted by Gasteiger charge is -2.40. The zero-order valence-corrected chi connectivity index (χ0v) is 19.4. The summed E-state index contributed by atoms with van der Waals surface area (Å²) in [5.74, 6) is 0. The van der Waals surface area contributed by atoms with E-state index in [4.69, 9.17) is 14.2 Å². The van der Waals surface area contributed by atoms with Gasteiger partial charge in [0.15, 0.2) is 0 Å². The molecule has 1 aliphatic rings. The fourth-order valence-electron chi connectivity index (χ4n) is 3.49. The molecule has 32 heavy (non-hydrogen) atoms. The average molecular weight is 452 g/mol. The number of carbonyl (C=O) groups is 2. The predicted octanol–water partition coefficient (Wildman–Crippen LogP) is 2.45. The van der Waals surface area contributed by atoms with Crippen molar-refractivity contribution in [1.82, 2.24) is 15.1 Å². The van der Waals surface area contributed by atoms with Crippen LogP contribution in [0.3, 0.4) is 0 Å². The number of hydrogen-bond acceptors (Lipinski definition) is 6. The van der Waals surface area contributed by atoms with Gasteiger partial charge in [0.25, 0.3) is 0 Å². The minimum Gasteiger partial charge on any atom is -0.465 e. The van der Waals surface area contributed by atoms with Crippen molar-refractivity contribution in [1.29, 1.82) is 0 Å². The van der Waals surface area contributed by atoms with Crippen LogP contribution < -0.4 is 5.32 Å². The van der Waals surface area contributed by atoms with Crippen LogP contribution in [0.1, 0.15) is 26.3 Å². The molecule has 180 valence electrons. The molecule has 1 aliphatic heterocycles. The van der Waals surface area contributed by atoms with Crippen molar-refractivity contribution >= 4 is 12.2 Å². The van der Waals surface area contributed by atoms with Crippen molar-refractivity contribution < 1.29 is 28.9 Å². The van der Waals surface area contributed by atoms with Crippen molar-refractivity contribution in [2.75, 3.05) is 59.2 Å². The molecule has 9 heteroatoms. The highest BCUT2D eigenvalue weighted by Crippen LogP contribution is 2.15. The molecule has 9 nitrogen and oxygen atoms in total. The van der Waals surface area contributed by atoms with Gasteiger partial charge in [0.1, 0.15) is 5.60 Å². The fraction of sp³-hybridized carbons (Fsp3) is 0.652. The highest BCUT2D eigenvalue weighted by atomic mass is 16.6. The highest BCUT2D eigenvalue weighted by molar-refractivity contribution is 5.67. The SMILES string of the molecule is CC(C)(C)OC(=O)NCCOCCOCCN1CCN(C(=O)O)C(Cc2ccccc2)C1. The summed E-state index contributed by atoms with van der Waals surface area (Å²) in [4.78, 5) is 26.9. The summed E-state index contributed by atoms with van der Waals surface area (Å²) in [6.45, 7) is 10.3. The molecule has 1 heterocycles. The molecule has 0 aromatic heterocycles. The van der Waals surface area contributed by atoms with E-state index >= 15 is 0 Å². The summed E-state index contributed by atoms with van der Waals surface area (Å²) in [6.07, 6.45) is -0.610. The van der Waals surface area contributed by atoms with E-state index in [9.17, 15) is 14.7 Å². The summed E-state index contributed by atoms with van der Waals surface area (Å²) >= 11 is 0. The van der Waals surface area contributed by atoms with Crippen LogP contribution in [0.15, 0.2) is 30.3 Å². The number of rotatable bonds is 11. The first-order chi connectivity index (χ1) is 15.2. The number of carboxylic acid groups (broad SMARTS) is 1. The molecule has 1 aromatic rings. The van der Waals surface area contributed by atoms with Gasteiger partial charge >= 0.3 is 12.2 Å². The Hall–Kier alpha value is -2.36. The predicted molar refractivity (Wildman–Crippen MR) is 121 cm³/mol.